The highest BCUT2D eigenvalue weighted by atomic mass is 35.5. The van der Waals surface area contributed by atoms with Crippen LogP contribution in [0.3, 0.4) is 0 Å². The second-order valence-corrected chi connectivity index (χ2v) is 1.97. The van der Waals surface area contributed by atoms with Gasteiger partial charge in [-0.2, -0.15) is 0 Å². The van der Waals surface area contributed by atoms with Gasteiger partial charge in [-0.1, -0.05) is 17.7 Å². The van der Waals surface area contributed by atoms with Gasteiger partial charge in [0.25, 0.3) is 0 Å². The quantitative estimate of drug-likeness (QED) is 0.544. The van der Waals surface area contributed by atoms with Gasteiger partial charge in [0.05, 0.1) is 0 Å². The van der Waals surface area contributed by atoms with Crippen LogP contribution in [0.1, 0.15) is 6.92 Å². The molecule has 0 rings (SSSR count). The van der Waals surface area contributed by atoms with Gasteiger partial charge in [0.1, 0.15) is 5.17 Å². The molecule has 0 unspecified atom stereocenters. The first kappa shape index (κ1) is 7.66. The summed E-state index contributed by atoms with van der Waals surface area (Å²) in [6, 6.07) is -0.0194. The highest BCUT2D eigenvalue weighted by molar-refractivity contribution is 6.67. The molecule has 0 fully saturated rings. The van der Waals surface area contributed by atoms with E-state index in [1.807, 2.05) is 6.92 Å². The molecule has 0 saturated carbocycles. The van der Waals surface area contributed by atoms with Crippen molar-refractivity contribution in [3.63, 3.8) is 0 Å². The first-order chi connectivity index (χ1) is 3.63. The minimum absolute atomic E-state index is 0.0160. The summed E-state index contributed by atoms with van der Waals surface area (Å²) >= 11 is 5.16. The molecule has 0 amide bonds. The van der Waals surface area contributed by atoms with Gasteiger partial charge in [0.2, 0.25) is 0 Å². The van der Waals surface area contributed by atoms with Gasteiger partial charge in [-0.3, -0.25) is 5.41 Å². The normalized spacial score (nSPS) is 14.4. The van der Waals surface area contributed by atoms with E-state index in [1.54, 1.807) is 6.08 Å². The number of hydrogen-bond donors (Lipinski definition) is 2. The van der Waals surface area contributed by atoms with Crippen LogP contribution in [0.25, 0.3) is 0 Å². The fourth-order valence-corrected chi connectivity index (χ4v) is 0.309. The van der Waals surface area contributed by atoms with Crippen molar-refractivity contribution in [1.29, 1.82) is 5.41 Å². The van der Waals surface area contributed by atoms with E-state index >= 15 is 0 Å². The molecule has 0 bridgehead atoms. The molecule has 1 atom stereocenters. The Kier molecular flexibility index (Phi) is 3.48. The van der Waals surface area contributed by atoms with Crippen molar-refractivity contribution in [1.82, 2.24) is 0 Å². The minimum atomic E-state index is -0.0194. The Labute approximate surface area is 53.8 Å². The van der Waals surface area contributed by atoms with Crippen LogP contribution >= 0.6 is 11.6 Å². The zero-order valence-electron chi connectivity index (χ0n) is 4.69. The molecule has 0 saturated heterocycles. The molecule has 3 heteroatoms. The van der Waals surface area contributed by atoms with Crippen molar-refractivity contribution >= 4 is 16.8 Å². The molecule has 0 spiro atoms. The maximum absolute atomic E-state index is 6.71. The Hall–Kier alpha value is -0.340. The molecule has 0 aromatic rings. The van der Waals surface area contributed by atoms with Crippen LogP contribution in [-0.4, -0.2) is 11.2 Å². The molecule has 3 N–H and O–H groups in total. The average molecular weight is 133 g/mol. The third kappa shape index (κ3) is 5.66. The second-order valence-electron chi connectivity index (χ2n) is 1.57. The number of halogens is 1. The van der Waals surface area contributed by atoms with E-state index < -0.39 is 0 Å². The van der Waals surface area contributed by atoms with Crippen LogP contribution < -0.4 is 5.73 Å². The predicted molar refractivity (Wildman–Crippen MR) is 36.4 cm³/mol. The van der Waals surface area contributed by atoms with Gasteiger partial charge in [-0.15, -0.1) is 0 Å². The highest BCUT2D eigenvalue weighted by Gasteiger charge is 1.83. The zero-order chi connectivity index (χ0) is 6.57. The smallest absolute Gasteiger partial charge is 0.120 e. The van der Waals surface area contributed by atoms with Crippen molar-refractivity contribution in [2.45, 2.75) is 13.0 Å². The number of nitrogens with two attached hydrogens (primary N) is 1. The van der Waals surface area contributed by atoms with Crippen LogP contribution in [0.2, 0.25) is 0 Å². The van der Waals surface area contributed by atoms with E-state index in [9.17, 15) is 0 Å². The van der Waals surface area contributed by atoms with Gasteiger partial charge in [0.15, 0.2) is 0 Å². The van der Waals surface area contributed by atoms with Gasteiger partial charge < -0.3 is 5.73 Å². The molecule has 2 nitrogen and oxygen atoms in total. The van der Waals surface area contributed by atoms with E-state index in [4.69, 9.17) is 22.7 Å². The molecular formula is C5H9ClN2. The lowest BCUT2D eigenvalue weighted by Crippen LogP contribution is -2.10. The highest BCUT2D eigenvalue weighted by Crippen LogP contribution is 1.84. The number of rotatable bonds is 2. The Morgan fingerprint density at radius 3 is 2.50 bits per heavy atom. The van der Waals surface area contributed by atoms with Crippen LogP contribution in [0.5, 0.6) is 0 Å². The minimum Gasteiger partial charge on any atom is -0.325 e. The van der Waals surface area contributed by atoms with E-state index in [0.29, 0.717) is 0 Å². The summed E-state index contributed by atoms with van der Waals surface area (Å²) in [5, 5.41) is 6.73. The summed E-state index contributed by atoms with van der Waals surface area (Å²) in [5.74, 6) is 0. The lowest BCUT2D eigenvalue weighted by molar-refractivity contribution is 0.927. The summed E-state index contributed by atoms with van der Waals surface area (Å²) in [7, 11) is 0. The van der Waals surface area contributed by atoms with Crippen molar-refractivity contribution in [2.75, 3.05) is 0 Å². The van der Waals surface area contributed by atoms with Crippen molar-refractivity contribution < 1.29 is 0 Å². The molecule has 8 heavy (non-hydrogen) atoms. The summed E-state index contributed by atoms with van der Waals surface area (Å²) < 4.78 is 0. The standard InChI is InChI=1S/C5H9ClN2/c1-4(7)2-3-5(6)8/h2-4,8H,7H2,1H3/b3-2-,8-5?/t4-/m1/s1. The Bertz CT molecular complexity index is 107. The Morgan fingerprint density at radius 1 is 1.88 bits per heavy atom. The molecule has 0 aliphatic carbocycles. The van der Waals surface area contributed by atoms with Crippen LogP contribution in [-0.2, 0) is 0 Å². The molecule has 0 radical (unpaired) electrons. The van der Waals surface area contributed by atoms with E-state index in [1.165, 1.54) is 6.08 Å². The van der Waals surface area contributed by atoms with Crippen molar-refractivity contribution in [2.24, 2.45) is 5.73 Å². The fourth-order valence-electron chi connectivity index (χ4n) is 0.236. The third-order valence-electron chi connectivity index (χ3n) is 0.546. The molecular weight excluding hydrogens is 124 g/mol. The van der Waals surface area contributed by atoms with Gasteiger partial charge in [0, 0.05) is 6.04 Å². The van der Waals surface area contributed by atoms with E-state index in [-0.39, 0.29) is 11.2 Å². The monoisotopic (exact) mass is 132 g/mol. The maximum atomic E-state index is 6.71. The lowest BCUT2D eigenvalue weighted by atomic mass is 10.3. The summed E-state index contributed by atoms with van der Waals surface area (Å²) in [6.07, 6.45) is 3.13. The Morgan fingerprint density at radius 2 is 2.38 bits per heavy atom. The molecule has 0 aromatic carbocycles. The second kappa shape index (κ2) is 3.64. The number of nitrogens with one attached hydrogen (secondary N) is 1. The van der Waals surface area contributed by atoms with Crippen LogP contribution in [0.15, 0.2) is 12.2 Å². The molecule has 0 aromatic heterocycles. The molecule has 46 valence electrons. The van der Waals surface area contributed by atoms with Gasteiger partial charge >= 0.3 is 0 Å². The Balaban J connectivity index is 3.50. The number of hydrogen-bond acceptors (Lipinski definition) is 2. The zero-order valence-corrected chi connectivity index (χ0v) is 5.44. The maximum Gasteiger partial charge on any atom is 0.120 e. The van der Waals surface area contributed by atoms with Crippen molar-refractivity contribution in [3.05, 3.63) is 12.2 Å². The molecule has 0 aliphatic rings. The van der Waals surface area contributed by atoms with Crippen LogP contribution in [0.4, 0.5) is 0 Å². The largest absolute Gasteiger partial charge is 0.325 e. The molecule has 0 aliphatic heterocycles. The summed E-state index contributed by atoms with van der Waals surface area (Å²) in [5.41, 5.74) is 5.30. The third-order valence-corrected chi connectivity index (χ3v) is 0.672. The predicted octanol–water partition coefficient (Wildman–Crippen LogP) is 1.11. The molecule has 0 heterocycles. The fraction of sp³-hybridized carbons (Fsp3) is 0.400. The van der Waals surface area contributed by atoms with E-state index in [0.717, 1.165) is 0 Å². The average Bonchev–Trinajstić information content (AvgIpc) is 1.61. The summed E-state index contributed by atoms with van der Waals surface area (Å²) in [6.45, 7) is 1.82. The van der Waals surface area contributed by atoms with Gasteiger partial charge in [-0.05, 0) is 13.0 Å². The lowest BCUT2D eigenvalue weighted by Gasteiger charge is -1.90. The SMILES string of the molecule is C[C@@H](N)/C=C\C(=N)Cl. The number of allylic oxidation sites excluding steroid dienone is 1. The topological polar surface area (TPSA) is 49.9 Å². The van der Waals surface area contributed by atoms with Crippen LogP contribution in [0, 0.1) is 5.41 Å². The summed E-state index contributed by atoms with van der Waals surface area (Å²) in [4.78, 5) is 0. The van der Waals surface area contributed by atoms with Crippen molar-refractivity contribution in [3.8, 4) is 0 Å². The van der Waals surface area contributed by atoms with Gasteiger partial charge in [-0.25, -0.2) is 0 Å². The first-order valence-electron chi connectivity index (χ1n) is 2.31. The first-order valence-corrected chi connectivity index (χ1v) is 2.68. The van der Waals surface area contributed by atoms with E-state index in [2.05, 4.69) is 0 Å².